The van der Waals surface area contributed by atoms with E-state index < -0.39 is 0 Å². The molecular formula is C14H13N3. The standard InChI is InChI=1S/C14H13N3/c1-11(12-7-3-2-4-8-12)14-16-15-13-9-5-6-10-17(13)14/h2-11H,1H3. The van der Waals surface area contributed by atoms with Crippen molar-refractivity contribution in [2.45, 2.75) is 12.8 Å². The Morgan fingerprint density at radius 3 is 2.53 bits per heavy atom. The van der Waals surface area contributed by atoms with Crippen molar-refractivity contribution in [3.8, 4) is 0 Å². The fourth-order valence-corrected chi connectivity index (χ4v) is 2.05. The van der Waals surface area contributed by atoms with Crippen molar-refractivity contribution >= 4 is 5.65 Å². The lowest BCUT2D eigenvalue weighted by Crippen LogP contribution is -2.01. The van der Waals surface area contributed by atoms with Gasteiger partial charge in [-0.2, -0.15) is 0 Å². The first-order valence-corrected chi connectivity index (χ1v) is 5.71. The van der Waals surface area contributed by atoms with Gasteiger partial charge in [-0.05, 0) is 17.7 Å². The summed E-state index contributed by atoms with van der Waals surface area (Å²) in [6.07, 6.45) is 2.00. The first-order chi connectivity index (χ1) is 8.36. The number of hydrogen-bond acceptors (Lipinski definition) is 2. The van der Waals surface area contributed by atoms with Gasteiger partial charge in [-0.15, -0.1) is 10.2 Å². The van der Waals surface area contributed by atoms with Gasteiger partial charge in [0.1, 0.15) is 5.82 Å². The predicted molar refractivity (Wildman–Crippen MR) is 66.9 cm³/mol. The highest BCUT2D eigenvalue weighted by atomic mass is 15.2. The van der Waals surface area contributed by atoms with Gasteiger partial charge in [0.15, 0.2) is 5.65 Å². The molecule has 17 heavy (non-hydrogen) atoms. The molecule has 2 aromatic heterocycles. The van der Waals surface area contributed by atoms with E-state index in [1.807, 2.05) is 34.9 Å². The van der Waals surface area contributed by atoms with Gasteiger partial charge >= 0.3 is 0 Å². The molecule has 0 aliphatic carbocycles. The summed E-state index contributed by atoms with van der Waals surface area (Å²) in [4.78, 5) is 0. The maximum absolute atomic E-state index is 4.28. The molecule has 0 spiro atoms. The molecule has 0 saturated heterocycles. The Kier molecular flexibility index (Phi) is 2.37. The van der Waals surface area contributed by atoms with E-state index in [-0.39, 0.29) is 5.92 Å². The number of aromatic nitrogens is 3. The smallest absolute Gasteiger partial charge is 0.160 e. The van der Waals surface area contributed by atoms with Gasteiger partial charge in [-0.3, -0.25) is 4.40 Å². The van der Waals surface area contributed by atoms with Crippen LogP contribution in [0.4, 0.5) is 0 Å². The number of rotatable bonds is 2. The zero-order valence-corrected chi connectivity index (χ0v) is 9.62. The van der Waals surface area contributed by atoms with Gasteiger partial charge in [0.2, 0.25) is 0 Å². The number of fused-ring (bicyclic) bond motifs is 1. The summed E-state index contributed by atoms with van der Waals surface area (Å²) in [5, 5.41) is 8.46. The van der Waals surface area contributed by atoms with E-state index in [9.17, 15) is 0 Å². The highest BCUT2D eigenvalue weighted by Crippen LogP contribution is 2.22. The van der Waals surface area contributed by atoms with Crippen LogP contribution in [0.5, 0.6) is 0 Å². The molecule has 0 amide bonds. The maximum Gasteiger partial charge on any atom is 0.160 e. The molecule has 0 fully saturated rings. The van der Waals surface area contributed by atoms with E-state index in [0.717, 1.165) is 11.5 Å². The molecule has 0 N–H and O–H groups in total. The molecule has 84 valence electrons. The minimum Gasteiger partial charge on any atom is -0.286 e. The monoisotopic (exact) mass is 223 g/mol. The molecule has 0 aliphatic rings. The van der Waals surface area contributed by atoms with E-state index in [2.05, 4.69) is 41.4 Å². The lowest BCUT2D eigenvalue weighted by atomic mass is 10.0. The molecule has 3 nitrogen and oxygen atoms in total. The molecule has 0 radical (unpaired) electrons. The van der Waals surface area contributed by atoms with Crippen LogP contribution in [-0.2, 0) is 0 Å². The first-order valence-electron chi connectivity index (χ1n) is 5.71. The van der Waals surface area contributed by atoms with Crippen LogP contribution in [0.1, 0.15) is 24.2 Å². The topological polar surface area (TPSA) is 30.2 Å². The Hall–Kier alpha value is -2.16. The van der Waals surface area contributed by atoms with Gasteiger partial charge in [0.25, 0.3) is 0 Å². The lowest BCUT2D eigenvalue weighted by Gasteiger charge is -2.09. The van der Waals surface area contributed by atoms with Crippen LogP contribution in [0.2, 0.25) is 0 Å². The van der Waals surface area contributed by atoms with Crippen LogP contribution < -0.4 is 0 Å². The summed E-state index contributed by atoms with van der Waals surface area (Å²) in [6.45, 7) is 2.15. The summed E-state index contributed by atoms with van der Waals surface area (Å²) in [5.41, 5.74) is 2.15. The summed E-state index contributed by atoms with van der Waals surface area (Å²) in [7, 11) is 0. The van der Waals surface area contributed by atoms with Crippen molar-refractivity contribution in [1.82, 2.24) is 14.6 Å². The first kappa shape index (κ1) is 10.0. The summed E-state index contributed by atoms with van der Waals surface area (Å²) in [6, 6.07) is 16.3. The van der Waals surface area contributed by atoms with Gasteiger partial charge in [0, 0.05) is 12.1 Å². The second kappa shape index (κ2) is 4.01. The van der Waals surface area contributed by atoms with Crippen molar-refractivity contribution in [3.05, 3.63) is 66.1 Å². The highest BCUT2D eigenvalue weighted by Gasteiger charge is 2.14. The molecule has 3 rings (SSSR count). The van der Waals surface area contributed by atoms with Crippen LogP contribution in [0.3, 0.4) is 0 Å². The van der Waals surface area contributed by atoms with Crippen molar-refractivity contribution in [3.63, 3.8) is 0 Å². The molecule has 0 aliphatic heterocycles. The van der Waals surface area contributed by atoms with E-state index in [0.29, 0.717) is 0 Å². The number of hydrogen-bond donors (Lipinski definition) is 0. The Morgan fingerprint density at radius 1 is 0.941 bits per heavy atom. The van der Waals surface area contributed by atoms with Crippen LogP contribution in [0.25, 0.3) is 5.65 Å². The molecule has 0 bridgehead atoms. The average molecular weight is 223 g/mol. The Bertz CT molecular complexity index is 628. The van der Waals surface area contributed by atoms with E-state index >= 15 is 0 Å². The minimum atomic E-state index is 0.244. The van der Waals surface area contributed by atoms with Crippen LogP contribution in [-0.4, -0.2) is 14.6 Å². The lowest BCUT2D eigenvalue weighted by molar-refractivity contribution is 0.798. The number of nitrogens with zero attached hydrogens (tertiary/aromatic N) is 3. The van der Waals surface area contributed by atoms with Crippen LogP contribution in [0, 0.1) is 0 Å². The Balaban J connectivity index is 2.10. The SMILES string of the molecule is CC(c1ccccc1)c1nnc2ccccn12. The molecular weight excluding hydrogens is 210 g/mol. The quantitative estimate of drug-likeness (QED) is 0.668. The van der Waals surface area contributed by atoms with Crippen molar-refractivity contribution in [2.24, 2.45) is 0 Å². The van der Waals surface area contributed by atoms with E-state index in [1.165, 1.54) is 5.56 Å². The largest absolute Gasteiger partial charge is 0.286 e. The fraction of sp³-hybridized carbons (Fsp3) is 0.143. The van der Waals surface area contributed by atoms with Gasteiger partial charge in [-0.1, -0.05) is 43.3 Å². The highest BCUT2D eigenvalue weighted by molar-refractivity contribution is 5.39. The van der Waals surface area contributed by atoms with E-state index in [4.69, 9.17) is 0 Å². The molecule has 3 aromatic rings. The van der Waals surface area contributed by atoms with Crippen LogP contribution >= 0.6 is 0 Å². The predicted octanol–water partition coefficient (Wildman–Crippen LogP) is 2.88. The molecule has 1 unspecified atom stereocenters. The Labute approximate surface area is 99.7 Å². The maximum atomic E-state index is 4.28. The van der Waals surface area contributed by atoms with Gasteiger partial charge < -0.3 is 0 Å². The van der Waals surface area contributed by atoms with Gasteiger partial charge in [0.05, 0.1) is 0 Å². The normalized spacial score (nSPS) is 12.8. The zero-order chi connectivity index (χ0) is 11.7. The van der Waals surface area contributed by atoms with Crippen molar-refractivity contribution in [1.29, 1.82) is 0 Å². The average Bonchev–Trinajstić information content (AvgIpc) is 2.83. The minimum absolute atomic E-state index is 0.244. The number of pyridine rings is 1. The second-order valence-corrected chi connectivity index (χ2v) is 4.12. The van der Waals surface area contributed by atoms with Crippen molar-refractivity contribution in [2.75, 3.05) is 0 Å². The molecule has 0 saturated carbocycles. The third-order valence-corrected chi connectivity index (χ3v) is 3.03. The van der Waals surface area contributed by atoms with Crippen LogP contribution in [0.15, 0.2) is 54.7 Å². The number of benzene rings is 1. The second-order valence-electron chi connectivity index (χ2n) is 4.12. The zero-order valence-electron chi connectivity index (χ0n) is 9.62. The molecule has 3 heteroatoms. The fourth-order valence-electron chi connectivity index (χ4n) is 2.05. The summed E-state index contributed by atoms with van der Waals surface area (Å²) in [5.74, 6) is 1.22. The summed E-state index contributed by atoms with van der Waals surface area (Å²) < 4.78 is 2.04. The molecule has 1 aromatic carbocycles. The Morgan fingerprint density at radius 2 is 1.71 bits per heavy atom. The van der Waals surface area contributed by atoms with Gasteiger partial charge in [-0.25, -0.2) is 0 Å². The van der Waals surface area contributed by atoms with Crippen molar-refractivity contribution < 1.29 is 0 Å². The molecule has 2 heterocycles. The summed E-state index contributed by atoms with van der Waals surface area (Å²) >= 11 is 0. The third-order valence-electron chi connectivity index (χ3n) is 3.03. The third kappa shape index (κ3) is 1.69. The van der Waals surface area contributed by atoms with E-state index in [1.54, 1.807) is 0 Å². The molecule has 1 atom stereocenters.